The van der Waals surface area contributed by atoms with Gasteiger partial charge >= 0.3 is 12.3 Å². The number of carbonyl (C=O) groups excluding carboxylic acids is 1. The molecule has 0 atom stereocenters. The number of fused-ring (bicyclic) bond motifs is 1. The van der Waals surface area contributed by atoms with Gasteiger partial charge in [0, 0.05) is 16.6 Å². The number of aromatic nitrogens is 1. The van der Waals surface area contributed by atoms with Gasteiger partial charge in [0.05, 0.1) is 6.61 Å². The predicted octanol–water partition coefficient (Wildman–Crippen LogP) is 3.76. The minimum atomic E-state index is -4.42. The summed E-state index contributed by atoms with van der Waals surface area (Å²) in [5, 5.41) is 2.79. The normalized spacial score (nSPS) is 11.6. The molecule has 0 saturated carbocycles. The Kier molecular flexibility index (Phi) is 3.37. The highest BCUT2D eigenvalue weighted by molar-refractivity contribution is 5.90. The van der Waals surface area contributed by atoms with Crippen LogP contribution in [0.5, 0.6) is 0 Å². The molecule has 0 aliphatic carbocycles. The van der Waals surface area contributed by atoms with Crippen LogP contribution in [-0.4, -0.2) is 17.7 Å². The fraction of sp³-hybridized carbons (Fsp3) is 0.250. The summed E-state index contributed by atoms with van der Waals surface area (Å²) in [6, 6.07) is 5.39. The lowest BCUT2D eigenvalue weighted by Crippen LogP contribution is -2.12. The van der Waals surface area contributed by atoms with E-state index in [0.29, 0.717) is 16.6 Å². The van der Waals surface area contributed by atoms with Crippen LogP contribution in [0.3, 0.4) is 0 Å². The van der Waals surface area contributed by atoms with Crippen LogP contribution in [0.1, 0.15) is 12.6 Å². The number of rotatable bonds is 2. The van der Waals surface area contributed by atoms with Crippen molar-refractivity contribution in [2.45, 2.75) is 13.1 Å². The summed E-state index contributed by atoms with van der Waals surface area (Å²) in [5.41, 5.74) is -0.101. The van der Waals surface area contributed by atoms with Crippen LogP contribution in [-0.2, 0) is 10.9 Å². The maximum absolute atomic E-state index is 12.5. The third-order valence-electron chi connectivity index (χ3n) is 2.45. The van der Waals surface area contributed by atoms with Crippen LogP contribution in [0.15, 0.2) is 24.3 Å². The number of alkyl halides is 3. The number of H-pyrrole nitrogens is 1. The Labute approximate surface area is 106 Å². The van der Waals surface area contributed by atoms with E-state index in [1.54, 1.807) is 6.92 Å². The molecule has 0 fully saturated rings. The first-order valence-electron chi connectivity index (χ1n) is 5.54. The van der Waals surface area contributed by atoms with E-state index in [-0.39, 0.29) is 6.61 Å². The Hall–Kier alpha value is -2.18. The SMILES string of the molecule is CCOC(=O)Nc1ccc2[nH]c(C(F)(F)F)cc2c1. The fourth-order valence-corrected chi connectivity index (χ4v) is 1.65. The van der Waals surface area contributed by atoms with Crippen LogP contribution in [0.25, 0.3) is 10.9 Å². The number of carbonyl (C=O) groups is 1. The third-order valence-corrected chi connectivity index (χ3v) is 2.45. The van der Waals surface area contributed by atoms with Gasteiger partial charge in [-0.1, -0.05) is 0 Å². The molecule has 0 radical (unpaired) electrons. The second kappa shape index (κ2) is 4.83. The average molecular weight is 272 g/mol. The molecule has 0 saturated heterocycles. The smallest absolute Gasteiger partial charge is 0.431 e. The molecule has 102 valence electrons. The summed E-state index contributed by atoms with van der Waals surface area (Å²) >= 11 is 0. The molecule has 0 aliphatic rings. The zero-order valence-corrected chi connectivity index (χ0v) is 9.97. The molecule has 1 heterocycles. The summed E-state index contributed by atoms with van der Waals surface area (Å²) in [4.78, 5) is 13.5. The maximum atomic E-state index is 12.5. The van der Waals surface area contributed by atoms with Gasteiger partial charge in [-0.3, -0.25) is 5.32 Å². The molecule has 0 spiro atoms. The number of nitrogens with one attached hydrogen (secondary N) is 2. The first-order valence-corrected chi connectivity index (χ1v) is 5.54. The summed E-state index contributed by atoms with van der Waals surface area (Å²) < 4.78 is 42.2. The number of ether oxygens (including phenoxy) is 1. The second-order valence-electron chi connectivity index (χ2n) is 3.83. The van der Waals surface area contributed by atoms with Gasteiger partial charge in [-0.05, 0) is 31.2 Å². The van der Waals surface area contributed by atoms with Crippen molar-refractivity contribution in [1.29, 1.82) is 0 Å². The second-order valence-corrected chi connectivity index (χ2v) is 3.83. The van der Waals surface area contributed by atoms with Crippen molar-refractivity contribution >= 4 is 22.7 Å². The molecule has 19 heavy (non-hydrogen) atoms. The van der Waals surface area contributed by atoms with Crippen LogP contribution < -0.4 is 5.32 Å². The molecule has 2 N–H and O–H groups in total. The fourth-order valence-electron chi connectivity index (χ4n) is 1.65. The molecule has 0 bridgehead atoms. The van der Waals surface area contributed by atoms with Crippen LogP contribution in [0, 0.1) is 0 Å². The maximum Gasteiger partial charge on any atom is 0.431 e. The van der Waals surface area contributed by atoms with Crippen molar-refractivity contribution < 1.29 is 22.7 Å². The molecule has 1 amide bonds. The van der Waals surface area contributed by atoms with E-state index in [2.05, 4.69) is 15.0 Å². The van der Waals surface area contributed by atoms with E-state index in [4.69, 9.17) is 0 Å². The van der Waals surface area contributed by atoms with Gasteiger partial charge in [-0.2, -0.15) is 13.2 Å². The highest BCUT2D eigenvalue weighted by Crippen LogP contribution is 2.31. The monoisotopic (exact) mass is 272 g/mol. The Bertz CT molecular complexity index is 605. The average Bonchev–Trinajstić information content (AvgIpc) is 2.71. The molecular formula is C12H11F3N2O2. The van der Waals surface area contributed by atoms with Gasteiger partial charge in [0.2, 0.25) is 0 Å². The number of anilines is 1. The number of halogens is 3. The number of hydrogen-bond acceptors (Lipinski definition) is 2. The predicted molar refractivity (Wildman–Crippen MR) is 63.9 cm³/mol. The van der Waals surface area contributed by atoms with E-state index < -0.39 is 18.0 Å². The molecular weight excluding hydrogens is 261 g/mol. The van der Waals surface area contributed by atoms with Crippen LogP contribution in [0.2, 0.25) is 0 Å². The minimum Gasteiger partial charge on any atom is -0.450 e. The van der Waals surface area contributed by atoms with E-state index in [1.807, 2.05) is 0 Å². The van der Waals surface area contributed by atoms with E-state index in [0.717, 1.165) is 6.07 Å². The van der Waals surface area contributed by atoms with Crippen LogP contribution >= 0.6 is 0 Å². The number of benzene rings is 1. The lowest BCUT2D eigenvalue weighted by atomic mass is 10.2. The summed E-state index contributed by atoms with van der Waals surface area (Å²) in [6.07, 6.45) is -5.07. The van der Waals surface area contributed by atoms with E-state index in [1.165, 1.54) is 18.2 Å². The topological polar surface area (TPSA) is 54.1 Å². The lowest BCUT2D eigenvalue weighted by molar-refractivity contribution is -0.140. The number of amides is 1. The highest BCUT2D eigenvalue weighted by atomic mass is 19.4. The van der Waals surface area contributed by atoms with Gasteiger partial charge in [0.25, 0.3) is 0 Å². The van der Waals surface area contributed by atoms with E-state index >= 15 is 0 Å². The van der Waals surface area contributed by atoms with Crippen molar-refractivity contribution in [3.63, 3.8) is 0 Å². The third kappa shape index (κ3) is 2.98. The first kappa shape index (κ1) is 13.3. The molecule has 0 unspecified atom stereocenters. The van der Waals surface area contributed by atoms with Crippen molar-refractivity contribution in [3.8, 4) is 0 Å². The van der Waals surface area contributed by atoms with Gasteiger partial charge in [0.15, 0.2) is 0 Å². The Morgan fingerprint density at radius 2 is 2.11 bits per heavy atom. The quantitative estimate of drug-likeness (QED) is 0.874. The Balaban J connectivity index is 2.28. The molecule has 4 nitrogen and oxygen atoms in total. The van der Waals surface area contributed by atoms with Gasteiger partial charge < -0.3 is 9.72 Å². The molecule has 1 aromatic heterocycles. The molecule has 7 heteroatoms. The van der Waals surface area contributed by atoms with Crippen molar-refractivity contribution in [3.05, 3.63) is 30.0 Å². The minimum absolute atomic E-state index is 0.219. The van der Waals surface area contributed by atoms with Crippen molar-refractivity contribution in [2.75, 3.05) is 11.9 Å². The Morgan fingerprint density at radius 3 is 2.74 bits per heavy atom. The summed E-state index contributed by atoms with van der Waals surface area (Å²) in [5.74, 6) is 0. The van der Waals surface area contributed by atoms with Crippen molar-refractivity contribution in [2.24, 2.45) is 0 Å². The van der Waals surface area contributed by atoms with Crippen molar-refractivity contribution in [1.82, 2.24) is 4.98 Å². The summed E-state index contributed by atoms with van der Waals surface area (Å²) in [6.45, 7) is 1.88. The highest BCUT2D eigenvalue weighted by Gasteiger charge is 2.32. The zero-order valence-electron chi connectivity index (χ0n) is 9.97. The number of aromatic amines is 1. The molecule has 1 aromatic carbocycles. The largest absolute Gasteiger partial charge is 0.450 e. The zero-order chi connectivity index (χ0) is 14.0. The molecule has 2 rings (SSSR count). The standard InChI is InChI=1S/C12H11F3N2O2/c1-2-19-11(18)16-8-3-4-9-7(5-8)6-10(17-9)12(13,14)15/h3-6,17H,2H2,1H3,(H,16,18). The summed E-state index contributed by atoms with van der Waals surface area (Å²) in [7, 11) is 0. The molecule has 0 aliphatic heterocycles. The number of hydrogen-bond donors (Lipinski definition) is 2. The Morgan fingerprint density at radius 1 is 1.37 bits per heavy atom. The van der Waals surface area contributed by atoms with Gasteiger partial charge in [-0.15, -0.1) is 0 Å². The molecule has 2 aromatic rings. The van der Waals surface area contributed by atoms with Gasteiger partial charge in [-0.25, -0.2) is 4.79 Å². The van der Waals surface area contributed by atoms with Crippen LogP contribution in [0.4, 0.5) is 23.7 Å². The first-order chi connectivity index (χ1) is 8.90. The van der Waals surface area contributed by atoms with E-state index in [9.17, 15) is 18.0 Å². The lowest BCUT2D eigenvalue weighted by Gasteiger charge is -2.04. The van der Waals surface area contributed by atoms with Gasteiger partial charge in [0.1, 0.15) is 5.69 Å².